The molecule has 9 heteroatoms. The summed E-state index contributed by atoms with van der Waals surface area (Å²) < 4.78 is 27.6. The van der Waals surface area contributed by atoms with E-state index in [1.165, 1.54) is 6.07 Å². The summed E-state index contributed by atoms with van der Waals surface area (Å²) >= 11 is 0. The highest BCUT2D eigenvalue weighted by atomic mass is 32.2. The number of carbonyl (C=O) groups excluding carboxylic acids is 2. The zero-order chi connectivity index (χ0) is 20.7. The van der Waals surface area contributed by atoms with Crippen LogP contribution in [0.1, 0.15) is 36.9 Å². The lowest BCUT2D eigenvalue weighted by molar-refractivity contribution is -0.121. The molecule has 2 amide bonds. The quantitative estimate of drug-likeness (QED) is 0.567. The lowest BCUT2D eigenvalue weighted by Crippen LogP contribution is -2.27. The van der Waals surface area contributed by atoms with Crippen LogP contribution in [0.4, 0.5) is 5.69 Å². The fourth-order valence-electron chi connectivity index (χ4n) is 3.04. The minimum absolute atomic E-state index is 0.0567. The molecular formula is C20H24N4O4S. The number of nitrogens with one attached hydrogen (secondary N) is 3. The third kappa shape index (κ3) is 6.10. The highest BCUT2D eigenvalue weighted by Gasteiger charge is 2.18. The predicted molar refractivity (Wildman–Crippen MR) is 109 cm³/mol. The topological polar surface area (TPSA) is 117 Å². The van der Waals surface area contributed by atoms with Crippen LogP contribution in [0, 0.1) is 0 Å². The first-order chi connectivity index (χ1) is 13.9. The van der Waals surface area contributed by atoms with Crippen LogP contribution in [0.15, 0.2) is 47.5 Å². The van der Waals surface area contributed by atoms with Crippen LogP contribution < -0.4 is 15.4 Å². The molecule has 154 valence electrons. The van der Waals surface area contributed by atoms with E-state index in [4.69, 9.17) is 0 Å². The minimum Gasteiger partial charge on any atom is -0.350 e. The smallest absolute Gasteiger partial charge is 0.240 e. The van der Waals surface area contributed by atoms with Gasteiger partial charge in [0.25, 0.3) is 0 Å². The molecule has 0 atom stereocenters. The Balaban J connectivity index is 1.47. The lowest BCUT2D eigenvalue weighted by atomic mass is 10.1. The van der Waals surface area contributed by atoms with Gasteiger partial charge in [-0.3, -0.25) is 14.6 Å². The van der Waals surface area contributed by atoms with Crippen LogP contribution in [0.5, 0.6) is 0 Å². The number of nitrogens with zero attached hydrogens (tertiary/aromatic N) is 1. The van der Waals surface area contributed by atoms with Crippen LogP contribution in [-0.2, 0) is 32.6 Å². The van der Waals surface area contributed by atoms with E-state index in [9.17, 15) is 18.0 Å². The molecule has 0 radical (unpaired) electrons. The molecule has 0 saturated heterocycles. The van der Waals surface area contributed by atoms with Gasteiger partial charge in [-0.1, -0.05) is 6.07 Å². The number of hydrogen-bond acceptors (Lipinski definition) is 5. The normalized spacial score (nSPS) is 13.9. The lowest BCUT2D eigenvalue weighted by Gasteiger charge is -2.11. The maximum atomic E-state index is 12.5. The molecule has 3 N–H and O–H groups in total. The predicted octanol–water partition coefficient (Wildman–Crippen LogP) is 1.73. The summed E-state index contributed by atoms with van der Waals surface area (Å²) in [6.07, 6.45) is 4.02. The average Bonchev–Trinajstić information content (AvgIpc) is 2.90. The fourth-order valence-corrected chi connectivity index (χ4v) is 4.16. The van der Waals surface area contributed by atoms with Crippen molar-refractivity contribution >= 4 is 27.5 Å². The molecule has 2 heterocycles. The van der Waals surface area contributed by atoms with Crippen molar-refractivity contribution in [3.05, 3.63) is 53.9 Å². The summed E-state index contributed by atoms with van der Waals surface area (Å²) in [5.41, 5.74) is 2.24. The van der Waals surface area contributed by atoms with Crippen molar-refractivity contribution in [2.24, 2.45) is 0 Å². The first-order valence-electron chi connectivity index (χ1n) is 9.53. The molecule has 0 spiro atoms. The van der Waals surface area contributed by atoms with Crippen molar-refractivity contribution in [3.63, 3.8) is 0 Å². The summed E-state index contributed by atoms with van der Waals surface area (Å²) in [5.74, 6) is -0.213. The Bertz CT molecular complexity index is 977. The molecule has 1 aromatic heterocycles. The molecule has 2 aromatic rings. The van der Waals surface area contributed by atoms with Gasteiger partial charge in [-0.15, -0.1) is 0 Å². The maximum Gasteiger partial charge on any atom is 0.240 e. The van der Waals surface area contributed by atoms with Crippen LogP contribution in [0.3, 0.4) is 0 Å². The number of carbonyl (C=O) groups is 2. The first kappa shape index (κ1) is 20.9. The highest BCUT2D eigenvalue weighted by Crippen LogP contribution is 2.25. The van der Waals surface area contributed by atoms with E-state index in [-0.39, 0.29) is 29.7 Å². The Labute approximate surface area is 170 Å². The molecular weight excluding hydrogens is 392 g/mol. The van der Waals surface area contributed by atoms with Gasteiger partial charge in [0.2, 0.25) is 21.8 Å². The van der Waals surface area contributed by atoms with Gasteiger partial charge in [-0.2, -0.15) is 0 Å². The van der Waals surface area contributed by atoms with E-state index in [2.05, 4.69) is 20.3 Å². The van der Waals surface area contributed by atoms with Crippen molar-refractivity contribution in [2.45, 2.75) is 43.5 Å². The summed E-state index contributed by atoms with van der Waals surface area (Å²) in [4.78, 5) is 27.8. The first-order valence-corrected chi connectivity index (χ1v) is 11.0. The monoisotopic (exact) mass is 416 g/mol. The summed E-state index contributed by atoms with van der Waals surface area (Å²) in [6.45, 7) is 0.504. The fraction of sp³-hybridized carbons (Fsp3) is 0.350. The number of benzene rings is 1. The molecule has 29 heavy (non-hydrogen) atoms. The second-order valence-electron chi connectivity index (χ2n) is 6.82. The number of anilines is 1. The SMILES string of the molecule is O=C(CCCNS(=O)(=O)c1ccc2c(c1)CCCC(=O)N2)NCc1ccccn1. The number of rotatable bonds is 8. The average molecular weight is 417 g/mol. The number of fused-ring (bicyclic) bond motifs is 1. The molecule has 1 aromatic carbocycles. The van der Waals surface area contributed by atoms with Crippen LogP contribution in [-0.4, -0.2) is 31.8 Å². The van der Waals surface area contributed by atoms with Crippen molar-refractivity contribution in [2.75, 3.05) is 11.9 Å². The third-order valence-electron chi connectivity index (χ3n) is 4.58. The van der Waals surface area contributed by atoms with Crippen LogP contribution >= 0.6 is 0 Å². The molecule has 0 aliphatic carbocycles. The highest BCUT2D eigenvalue weighted by molar-refractivity contribution is 7.89. The van der Waals surface area contributed by atoms with E-state index >= 15 is 0 Å². The number of aryl methyl sites for hydroxylation is 1. The molecule has 1 aliphatic rings. The van der Waals surface area contributed by atoms with Gasteiger partial charge >= 0.3 is 0 Å². The van der Waals surface area contributed by atoms with Crippen LogP contribution in [0.25, 0.3) is 0 Å². The van der Waals surface area contributed by atoms with E-state index in [1.54, 1.807) is 24.4 Å². The van der Waals surface area contributed by atoms with Gasteiger partial charge in [-0.05, 0) is 55.2 Å². The van der Waals surface area contributed by atoms with Gasteiger partial charge in [0, 0.05) is 31.3 Å². The second kappa shape index (κ2) is 9.62. The summed E-state index contributed by atoms with van der Waals surface area (Å²) in [5, 5.41) is 5.55. The standard InChI is InChI=1S/C20H24N4O4S/c25-19(22-14-16-6-1-2-11-21-16)8-4-12-23-29(27,28)17-9-10-18-15(13-17)5-3-7-20(26)24-18/h1-2,6,9-11,13,23H,3-5,7-8,12,14H2,(H,22,25)(H,24,26). The van der Waals surface area contributed by atoms with E-state index in [0.717, 1.165) is 11.3 Å². The number of amides is 2. The maximum absolute atomic E-state index is 12.5. The molecule has 0 bridgehead atoms. The van der Waals surface area contributed by atoms with Crippen molar-refractivity contribution < 1.29 is 18.0 Å². The second-order valence-corrected chi connectivity index (χ2v) is 8.59. The van der Waals surface area contributed by atoms with E-state index in [0.29, 0.717) is 37.9 Å². The van der Waals surface area contributed by atoms with Crippen LogP contribution in [0.2, 0.25) is 0 Å². The largest absolute Gasteiger partial charge is 0.350 e. The van der Waals surface area contributed by atoms with Gasteiger partial charge in [0.1, 0.15) is 0 Å². The third-order valence-corrected chi connectivity index (χ3v) is 6.04. The number of hydrogen-bond donors (Lipinski definition) is 3. The van der Waals surface area contributed by atoms with Crippen molar-refractivity contribution in [3.8, 4) is 0 Å². The number of sulfonamides is 1. The van der Waals surface area contributed by atoms with Crippen molar-refractivity contribution in [1.29, 1.82) is 0 Å². The molecule has 1 aliphatic heterocycles. The molecule has 0 saturated carbocycles. The van der Waals surface area contributed by atoms with Gasteiger partial charge in [-0.25, -0.2) is 13.1 Å². The number of aromatic nitrogens is 1. The minimum atomic E-state index is -3.68. The Morgan fingerprint density at radius 1 is 1.17 bits per heavy atom. The van der Waals surface area contributed by atoms with Gasteiger partial charge < -0.3 is 10.6 Å². The molecule has 3 rings (SSSR count). The Kier molecular flexibility index (Phi) is 6.95. The molecule has 8 nitrogen and oxygen atoms in total. The van der Waals surface area contributed by atoms with Crippen molar-refractivity contribution in [1.82, 2.24) is 15.0 Å². The van der Waals surface area contributed by atoms with E-state index in [1.807, 2.05) is 12.1 Å². The zero-order valence-electron chi connectivity index (χ0n) is 16.0. The summed E-state index contributed by atoms with van der Waals surface area (Å²) in [6, 6.07) is 10.2. The Morgan fingerprint density at radius 2 is 2.03 bits per heavy atom. The van der Waals surface area contributed by atoms with Gasteiger partial charge in [0.15, 0.2) is 0 Å². The summed E-state index contributed by atoms with van der Waals surface area (Å²) in [7, 11) is -3.68. The Hall–Kier alpha value is -2.78. The Morgan fingerprint density at radius 3 is 2.83 bits per heavy atom. The van der Waals surface area contributed by atoms with E-state index < -0.39 is 10.0 Å². The molecule has 0 unspecified atom stereocenters. The zero-order valence-corrected chi connectivity index (χ0v) is 16.8. The number of pyridine rings is 1. The molecule has 0 fully saturated rings. The van der Waals surface area contributed by atoms with Gasteiger partial charge in [0.05, 0.1) is 17.1 Å².